The molecule has 3 aliphatic carbocycles. The molecule has 0 spiro atoms. The van der Waals surface area contributed by atoms with Crippen molar-refractivity contribution in [2.24, 2.45) is 17.8 Å². The summed E-state index contributed by atoms with van der Waals surface area (Å²) in [5.74, 6) is -2.94. The number of rotatable bonds is 4. The Hall–Kier alpha value is -4.26. The number of aryl methyl sites for hydroxylation is 1. The summed E-state index contributed by atoms with van der Waals surface area (Å²) >= 11 is 0. The minimum absolute atomic E-state index is 0.0799. The van der Waals surface area contributed by atoms with Gasteiger partial charge in [0.2, 0.25) is 11.8 Å². The van der Waals surface area contributed by atoms with Crippen molar-refractivity contribution in [1.82, 2.24) is 0 Å². The van der Waals surface area contributed by atoms with Gasteiger partial charge in [-0.3, -0.25) is 24.1 Å². The standard InChI is InChI=1S/C32H29NO6/c1-4-17-5-8-19(9-6-17)33-31(37)21-11-10-20-22(28(21)32(33)38)15-23-29(25(35)13-16(2)30(23)36)27(20)18-7-12-26(39-3)24(34)14-18/h5-10,12-14,21-22,27-28,34H,4,11,15H2,1-3H3/t21-,22+,27-,28-/m0/s1. The Labute approximate surface area is 226 Å². The number of Topliss-reactive ketones (excluding diaryl/α,β-unsaturated/α-hetero) is 1. The molecule has 0 unspecified atom stereocenters. The predicted octanol–water partition coefficient (Wildman–Crippen LogP) is 4.60. The maximum Gasteiger partial charge on any atom is 0.238 e. The van der Waals surface area contributed by atoms with Gasteiger partial charge in [-0.1, -0.05) is 36.8 Å². The van der Waals surface area contributed by atoms with Crippen LogP contribution in [0.2, 0.25) is 0 Å². The summed E-state index contributed by atoms with van der Waals surface area (Å²) in [5, 5.41) is 10.6. The highest BCUT2D eigenvalue weighted by molar-refractivity contribution is 6.25. The Morgan fingerprint density at radius 2 is 1.74 bits per heavy atom. The molecule has 198 valence electrons. The average molecular weight is 524 g/mol. The van der Waals surface area contributed by atoms with E-state index in [9.17, 15) is 24.3 Å². The number of ketones is 2. The number of amides is 2. The molecular formula is C32H29NO6. The van der Waals surface area contributed by atoms with E-state index in [1.54, 1.807) is 25.1 Å². The Balaban J connectivity index is 1.46. The normalized spacial score (nSPS) is 26.2. The van der Waals surface area contributed by atoms with E-state index in [4.69, 9.17) is 4.74 Å². The van der Waals surface area contributed by atoms with E-state index in [0.29, 0.717) is 40.1 Å². The number of anilines is 1. The number of imide groups is 1. The number of aromatic hydroxyl groups is 1. The van der Waals surface area contributed by atoms with Crippen LogP contribution in [0.4, 0.5) is 5.69 Å². The summed E-state index contributed by atoms with van der Waals surface area (Å²) in [7, 11) is 1.46. The molecule has 1 fully saturated rings. The van der Waals surface area contributed by atoms with E-state index in [0.717, 1.165) is 17.6 Å². The first kappa shape index (κ1) is 25.0. The fourth-order valence-electron chi connectivity index (χ4n) is 6.78. The zero-order valence-electron chi connectivity index (χ0n) is 22.1. The van der Waals surface area contributed by atoms with Crippen LogP contribution >= 0.6 is 0 Å². The van der Waals surface area contributed by atoms with E-state index < -0.39 is 23.7 Å². The van der Waals surface area contributed by atoms with Crippen molar-refractivity contribution in [2.75, 3.05) is 12.0 Å². The lowest BCUT2D eigenvalue weighted by atomic mass is 9.59. The van der Waals surface area contributed by atoms with Crippen LogP contribution in [0.25, 0.3) is 0 Å². The molecule has 2 aromatic carbocycles. The molecule has 7 heteroatoms. The van der Waals surface area contributed by atoms with Crippen molar-refractivity contribution in [3.63, 3.8) is 0 Å². The molecule has 0 aromatic heterocycles. The van der Waals surface area contributed by atoms with Crippen LogP contribution in [0.15, 0.2) is 76.9 Å². The second kappa shape index (κ2) is 9.19. The van der Waals surface area contributed by atoms with Gasteiger partial charge < -0.3 is 9.84 Å². The van der Waals surface area contributed by atoms with Gasteiger partial charge in [0.15, 0.2) is 23.1 Å². The highest BCUT2D eigenvalue weighted by Gasteiger charge is 2.56. The molecule has 6 rings (SSSR count). The third kappa shape index (κ3) is 3.71. The first-order valence-corrected chi connectivity index (χ1v) is 13.3. The summed E-state index contributed by atoms with van der Waals surface area (Å²) in [6.45, 7) is 3.67. The smallest absolute Gasteiger partial charge is 0.238 e. The van der Waals surface area contributed by atoms with E-state index in [1.165, 1.54) is 18.1 Å². The Morgan fingerprint density at radius 1 is 1.00 bits per heavy atom. The van der Waals surface area contributed by atoms with Gasteiger partial charge in [0, 0.05) is 22.6 Å². The lowest BCUT2D eigenvalue weighted by Gasteiger charge is -2.42. The number of ether oxygens (including phenoxy) is 1. The summed E-state index contributed by atoms with van der Waals surface area (Å²) in [6.07, 6.45) is 4.78. The summed E-state index contributed by atoms with van der Waals surface area (Å²) in [6, 6.07) is 12.4. The van der Waals surface area contributed by atoms with Crippen molar-refractivity contribution >= 4 is 29.1 Å². The molecule has 1 saturated heterocycles. The van der Waals surface area contributed by atoms with E-state index in [-0.39, 0.29) is 35.6 Å². The Bertz CT molecular complexity index is 1540. The third-order valence-electron chi connectivity index (χ3n) is 8.70. The van der Waals surface area contributed by atoms with Crippen molar-refractivity contribution < 1.29 is 29.0 Å². The van der Waals surface area contributed by atoms with Crippen LogP contribution in [0.3, 0.4) is 0 Å². The highest BCUT2D eigenvalue weighted by Crippen LogP contribution is 2.55. The molecule has 0 saturated carbocycles. The molecule has 39 heavy (non-hydrogen) atoms. The van der Waals surface area contributed by atoms with Crippen LogP contribution in [0.1, 0.15) is 43.7 Å². The number of carbonyl (C=O) groups is 4. The number of carbonyl (C=O) groups excluding carboxylic acids is 4. The van der Waals surface area contributed by atoms with Gasteiger partial charge in [-0.25, -0.2) is 0 Å². The maximum atomic E-state index is 14.0. The molecule has 1 heterocycles. The number of fused-ring (bicyclic) bond motifs is 3. The van der Waals surface area contributed by atoms with Crippen LogP contribution in [0.5, 0.6) is 11.5 Å². The quantitative estimate of drug-likeness (QED) is 0.357. The molecule has 1 aliphatic heterocycles. The monoisotopic (exact) mass is 523 g/mol. The lowest BCUT2D eigenvalue weighted by Crippen LogP contribution is -2.39. The first-order valence-electron chi connectivity index (χ1n) is 13.3. The van der Waals surface area contributed by atoms with Crippen LogP contribution in [-0.2, 0) is 25.6 Å². The minimum atomic E-state index is -0.638. The van der Waals surface area contributed by atoms with E-state index >= 15 is 0 Å². The fourth-order valence-corrected chi connectivity index (χ4v) is 6.78. The molecule has 0 bridgehead atoms. The number of methoxy groups -OCH3 is 1. The molecule has 2 aromatic rings. The predicted molar refractivity (Wildman–Crippen MR) is 144 cm³/mol. The fraction of sp³-hybridized carbons (Fsp3) is 0.312. The minimum Gasteiger partial charge on any atom is -0.504 e. The zero-order valence-corrected chi connectivity index (χ0v) is 22.1. The first-order chi connectivity index (χ1) is 18.7. The zero-order chi connectivity index (χ0) is 27.6. The summed E-state index contributed by atoms with van der Waals surface area (Å²) < 4.78 is 5.21. The van der Waals surface area contributed by atoms with Crippen LogP contribution < -0.4 is 9.64 Å². The summed E-state index contributed by atoms with van der Waals surface area (Å²) in [5.41, 5.74) is 4.29. The van der Waals surface area contributed by atoms with Gasteiger partial charge in [0.1, 0.15) is 0 Å². The third-order valence-corrected chi connectivity index (χ3v) is 8.70. The molecule has 4 atom stereocenters. The number of benzene rings is 2. The van der Waals surface area contributed by atoms with Crippen LogP contribution in [0, 0.1) is 17.8 Å². The second-order valence-electron chi connectivity index (χ2n) is 10.7. The number of phenols is 1. The van der Waals surface area contributed by atoms with E-state index in [1.807, 2.05) is 37.3 Å². The van der Waals surface area contributed by atoms with Crippen molar-refractivity contribution in [1.29, 1.82) is 0 Å². The average Bonchev–Trinajstić information content (AvgIpc) is 3.20. The van der Waals surface area contributed by atoms with Gasteiger partial charge in [-0.2, -0.15) is 0 Å². The number of phenolic OH excluding ortho intramolecular Hbond substituents is 1. The largest absolute Gasteiger partial charge is 0.504 e. The summed E-state index contributed by atoms with van der Waals surface area (Å²) in [4.78, 5) is 55.6. The van der Waals surface area contributed by atoms with Gasteiger partial charge in [0.25, 0.3) is 0 Å². The van der Waals surface area contributed by atoms with Gasteiger partial charge in [0.05, 0.1) is 24.6 Å². The Kier molecular flexibility index (Phi) is 5.90. The second-order valence-corrected chi connectivity index (χ2v) is 10.7. The number of allylic oxidation sites excluding steroid dienone is 6. The molecule has 0 radical (unpaired) electrons. The molecule has 4 aliphatic rings. The molecular weight excluding hydrogens is 494 g/mol. The van der Waals surface area contributed by atoms with Crippen molar-refractivity contribution in [3.8, 4) is 11.5 Å². The molecule has 2 amide bonds. The van der Waals surface area contributed by atoms with Gasteiger partial charge in [-0.05, 0) is 73.6 Å². The van der Waals surface area contributed by atoms with Crippen molar-refractivity contribution in [2.45, 2.75) is 39.0 Å². The van der Waals surface area contributed by atoms with Crippen molar-refractivity contribution in [3.05, 3.63) is 88.0 Å². The topological polar surface area (TPSA) is 101 Å². The van der Waals surface area contributed by atoms with Crippen LogP contribution in [-0.4, -0.2) is 35.6 Å². The number of nitrogens with zero attached hydrogens (tertiary/aromatic N) is 1. The van der Waals surface area contributed by atoms with E-state index in [2.05, 4.69) is 0 Å². The maximum absolute atomic E-state index is 14.0. The van der Waals surface area contributed by atoms with Gasteiger partial charge >= 0.3 is 0 Å². The molecule has 7 nitrogen and oxygen atoms in total. The lowest BCUT2D eigenvalue weighted by molar-refractivity contribution is -0.123. The SMILES string of the molecule is CCc1ccc(N2C(=O)[C@H]3[C@H](CC=C4[C@H](c5ccc(OC)c(O)c5)C5=C(C[C@H]43)C(=O)C(C)=CC5=O)C2=O)cc1. The number of hydrogen-bond donors (Lipinski definition) is 1. The Morgan fingerprint density at radius 3 is 2.41 bits per heavy atom. The molecule has 1 N–H and O–H groups in total. The van der Waals surface area contributed by atoms with Gasteiger partial charge in [-0.15, -0.1) is 0 Å². The highest BCUT2D eigenvalue weighted by atomic mass is 16.5. The number of hydrogen-bond acceptors (Lipinski definition) is 6.